The molecule has 0 aromatic rings. The van der Waals surface area contributed by atoms with Gasteiger partial charge in [-0.2, -0.15) is 0 Å². The number of hydrogen-bond donors (Lipinski definition) is 0. The highest BCUT2D eigenvalue weighted by Gasteiger charge is 2.39. The van der Waals surface area contributed by atoms with E-state index in [4.69, 9.17) is 9.47 Å². The molecule has 0 N–H and O–H groups in total. The maximum Gasteiger partial charge on any atom is 0.187 e. The molecular weight excluding hydrogens is 156 g/mol. The van der Waals surface area contributed by atoms with Gasteiger partial charge in [-0.25, -0.2) is 0 Å². The van der Waals surface area contributed by atoms with Crippen molar-refractivity contribution in [1.29, 1.82) is 0 Å². The Morgan fingerprint density at radius 1 is 1.50 bits per heavy atom. The Kier molecular flexibility index (Phi) is 1.83. The third kappa shape index (κ3) is 1.11. The molecule has 2 bridgehead atoms. The number of ketones is 1. The number of allylic oxidation sites excluding steroid dienone is 1. The summed E-state index contributed by atoms with van der Waals surface area (Å²) in [5.74, 6) is -0.00755. The smallest absolute Gasteiger partial charge is 0.187 e. The first-order chi connectivity index (χ1) is 5.81. The lowest BCUT2D eigenvalue weighted by molar-refractivity contribution is -0.126. The molecule has 1 saturated heterocycles. The van der Waals surface area contributed by atoms with Gasteiger partial charge < -0.3 is 9.47 Å². The molecule has 0 saturated carbocycles. The van der Waals surface area contributed by atoms with E-state index in [-0.39, 0.29) is 18.2 Å². The summed E-state index contributed by atoms with van der Waals surface area (Å²) in [6, 6.07) is 0. The minimum atomic E-state index is -0.420. The summed E-state index contributed by atoms with van der Waals surface area (Å²) in [5, 5.41) is 0. The number of fused-ring (bicyclic) bond motifs is 2. The summed E-state index contributed by atoms with van der Waals surface area (Å²) in [6.45, 7) is 1.89. The Bertz CT molecular complexity index is 254. The van der Waals surface area contributed by atoms with Crippen LogP contribution in [0.5, 0.6) is 0 Å². The number of carbonyl (C=O) groups excluding carboxylic acids is 1. The van der Waals surface area contributed by atoms with Crippen LogP contribution in [0.2, 0.25) is 0 Å². The summed E-state index contributed by atoms with van der Waals surface area (Å²) >= 11 is 0. The SMILES string of the molecule is C/C=C/[C@@H]1O[C@@H]2C=CC(=O)[C@H]1O2. The quantitative estimate of drug-likeness (QED) is 0.541. The molecule has 2 rings (SSSR count). The molecule has 2 aliphatic heterocycles. The molecule has 0 aromatic carbocycles. The second-order valence-electron chi connectivity index (χ2n) is 2.81. The van der Waals surface area contributed by atoms with E-state index in [1.54, 1.807) is 6.08 Å². The van der Waals surface area contributed by atoms with Crippen molar-refractivity contribution in [3.05, 3.63) is 24.3 Å². The predicted molar refractivity (Wildman–Crippen MR) is 42.5 cm³/mol. The highest BCUT2D eigenvalue weighted by Crippen LogP contribution is 2.25. The Morgan fingerprint density at radius 3 is 3.08 bits per heavy atom. The van der Waals surface area contributed by atoms with Gasteiger partial charge in [0.05, 0.1) is 0 Å². The summed E-state index contributed by atoms with van der Waals surface area (Å²) < 4.78 is 10.6. The molecule has 2 heterocycles. The Morgan fingerprint density at radius 2 is 2.33 bits per heavy atom. The van der Waals surface area contributed by atoms with Gasteiger partial charge in [0.15, 0.2) is 18.2 Å². The first-order valence-corrected chi connectivity index (χ1v) is 3.97. The number of hydrogen-bond acceptors (Lipinski definition) is 3. The van der Waals surface area contributed by atoms with Crippen LogP contribution >= 0.6 is 0 Å². The summed E-state index contributed by atoms with van der Waals surface area (Å²) in [5.41, 5.74) is 0. The van der Waals surface area contributed by atoms with Crippen molar-refractivity contribution in [2.75, 3.05) is 0 Å². The molecule has 0 unspecified atom stereocenters. The fourth-order valence-corrected chi connectivity index (χ4v) is 1.40. The van der Waals surface area contributed by atoms with E-state index >= 15 is 0 Å². The van der Waals surface area contributed by atoms with E-state index in [1.165, 1.54) is 6.08 Å². The third-order valence-electron chi connectivity index (χ3n) is 1.95. The van der Waals surface area contributed by atoms with E-state index in [9.17, 15) is 4.79 Å². The van der Waals surface area contributed by atoms with Crippen molar-refractivity contribution in [3.8, 4) is 0 Å². The molecule has 0 spiro atoms. The zero-order chi connectivity index (χ0) is 8.55. The van der Waals surface area contributed by atoms with Gasteiger partial charge in [-0.3, -0.25) is 4.79 Å². The first-order valence-electron chi connectivity index (χ1n) is 3.97. The highest BCUT2D eigenvalue weighted by atomic mass is 16.7. The lowest BCUT2D eigenvalue weighted by Gasteiger charge is -2.11. The average Bonchev–Trinajstić information content (AvgIpc) is 2.39. The van der Waals surface area contributed by atoms with E-state index in [0.717, 1.165) is 0 Å². The zero-order valence-corrected chi connectivity index (χ0v) is 6.77. The molecular formula is C9H10O3. The normalized spacial score (nSPS) is 39.8. The maximum absolute atomic E-state index is 11.2. The Hall–Kier alpha value is -0.930. The number of carbonyl (C=O) groups is 1. The van der Waals surface area contributed by atoms with Gasteiger partial charge in [0.1, 0.15) is 6.10 Å². The van der Waals surface area contributed by atoms with Crippen LogP contribution in [0.4, 0.5) is 0 Å². The van der Waals surface area contributed by atoms with E-state index < -0.39 is 6.10 Å². The van der Waals surface area contributed by atoms with Crippen molar-refractivity contribution in [2.24, 2.45) is 0 Å². The molecule has 1 fully saturated rings. The summed E-state index contributed by atoms with van der Waals surface area (Å²) in [6.07, 6.45) is 5.93. The van der Waals surface area contributed by atoms with Crippen LogP contribution in [0.25, 0.3) is 0 Å². The van der Waals surface area contributed by atoms with Crippen LogP contribution in [0, 0.1) is 0 Å². The van der Waals surface area contributed by atoms with Crippen molar-refractivity contribution in [2.45, 2.75) is 25.4 Å². The molecule has 0 amide bonds. The molecule has 64 valence electrons. The molecule has 12 heavy (non-hydrogen) atoms. The van der Waals surface area contributed by atoms with Gasteiger partial charge in [0.2, 0.25) is 0 Å². The fraction of sp³-hybridized carbons (Fsp3) is 0.444. The monoisotopic (exact) mass is 166 g/mol. The maximum atomic E-state index is 11.2. The second-order valence-corrected chi connectivity index (χ2v) is 2.81. The molecule has 3 heteroatoms. The van der Waals surface area contributed by atoms with Crippen LogP contribution < -0.4 is 0 Å². The average molecular weight is 166 g/mol. The molecule has 0 aliphatic carbocycles. The molecule has 3 nitrogen and oxygen atoms in total. The lowest BCUT2D eigenvalue weighted by atomic mass is 10.1. The second kappa shape index (κ2) is 2.84. The van der Waals surface area contributed by atoms with Crippen molar-refractivity contribution >= 4 is 5.78 Å². The molecule has 0 aromatic heterocycles. The fourth-order valence-electron chi connectivity index (χ4n) is 1.40. The minimum Gasteiger partial charge on any atom is -0.338 e. The van der Waals surface area contributed by atoms with Gasteiger partial charge in [-0.1, -0.05) is 12.2 Å². The van der Waals surface area contributed by atoms with Gasteiger partial charge in [0.25, 0.3) is 0 Å². The van der Waals surface area contributed by atoms with Crippen molar-refractivity contribution in [3.63, 3.8) is 0 Å². The van der Waals surface area contributed by atoms with Crippen molar-refractivity contribution in [1.82, 2.24) is 0 Å². The predicted octanol–water partition coefficient (Wildman–Crippen LogP) is 0.811. The minimum absolute atomic E-state index is 0.00755. The van der Waals surface area contributed by atoms with Crippen LogP contribution in [0.1, 0.15) is 6.92 Å². The lowest BCUT2D eigenvalue weighted by Crippen LogP contribution is -2.29. The number of ether oxygens (including phenoxy) is 2. The van der Waals surface area contributed by atoms with E-state index in [1.807, 2.05) is 19.1 Å². The van der Waals surface area contributed by atoms with Gasteiger partial charge in [0, 0.05) is 0 Å². The Labute approximate surface area is 70.7 Å². The Balaban J connectivity index is 2.20. The number of rotatable bonds is 1. The van der Waals surface area contributed by atoms with Gasteiger partial charge in [-0.05, 0) is 19.1 Å². The van der Waals surface area contributed by atoms with Crippen LogP contribution in [-0.4, -0.2) is 24.3 Å². The van der Waals surface area contributed by atoms with Gasteiger partial charge in [-0.15, -0.1) is 0 Å². The standard InChI is InChI=1S/C9H10O3/c1-2-3-7-9-6(10)4-5-8(11-7)12-9/h2-5,7-9H,1H3/b3-2+/t7-,8-,9+/m0/s1. The highest BCUT2D eigenvalue weighted by molar-refractivity contribution is 5.95. The third-order valence-corrected chi connectivity index (χ3v) is 1.95. The first kappa shape index (κ1) is 7.71. The summed E-state index contributed by atoms with van der Waals surface area (Å²) in [4.78, 5) is 11.2. The van der Waals surface area contributed by atoms with Crippen LogP contribution in [0.3, 0.4) is 0 Å². The zero-order valence-electron chi connectivity index (χ0n) is 6.77. The summed E-state index contributed by atoms with van der Waals surface area (Å²) in [7, 11) is 0. The van der Waals surface area contributed by atoms with Crippen LogP contribution in [0.15, 0.2) is 24.3 Å². The van der Waals surface area contributed by atoms with Gasteiger partial charge >= 0.3 is 0 Å². The van der Waals surface area contributed by atoms with Crippen molar-refractivity contribution < 1.29 is 14.3 Å². The topological polar surface area (TPSA) is 35.5 Å². The van der Waals surface area contributed by atoms with E-state index in [0.29, 0.717) is 0 Å². The molecule has 2 aliphatic rings. The molecule has 0 radical (unpaired) electrons. The largest absolute Gasteiger partial charge is 0.338 e. The van der Waals surface area contributed by atoms with E-state index in [2.05, 4.69) is 0 Å². The van der Waals surface area contributed by atoms with Crippen LogP contribution in [-0.2, 0) is 14.3 Å². The molecule has 3 atom stereocenters.